The van der Waals surface area contributed by atoms with Gasteiger partial charge < -0.3 is 11.1 Å². The van der Waals surface area contributed by atoms with Crippen LogP contribution in [0.3, 0.4) is 0 Å². The fourth-order valence-corrected chi connectivity index (χ4v) is 2.61. The first kappa shape index (κ1) is 14.9. The standard InChI is InChI=1S/C14H10Cl2N2OS/c15-10-4-3-9(2-1-7-17)11(8-10)18-14(19)12-5-6-13(16)20-12/h3-6,8H,7,17H2,(H,18,19). The number of benzene rings is 1. The molecule has 0 unspecified atom stereocenters. The highest BCUT2D eigenvalue weighted by Crippen LogP contribution is 2.24. The zero-order chi connectivity index (χ0) is 14.5. The van der Waals surface area contributed by atoms with Gasteiger partial charge in [0.05, 0.1) is 21.4 Å². The van der Waals surface area contributed by atoms with E-state index in [4.69, 9.17) is 28.9 Å². The molecule has 20 heavy (non-hydrogen) atoms. The van der Waals surface area contributed by atoms with Gasteiger partial charge in [0.15, 0.2) is 0 Å². The van der Waals surface area contributed by atoms with Crippen LogP contribution in [-0.4, -0.2) is 12.5 Å². The Balaban J connectivity index is 2.28. The number of thiophene rings is 1. The lowest BCUT2D eigenvalue weighted by molar-refractivity contribution is 0.103. The van der Waals surface area contributed by atoms with E-state index < -0.39 is 0 Å². The number of carbonyl (C=O) groups is 1. The summed E-state index contributed by atoms with van der Waals surface area (Å²) in [5, 5.41) is 3.29. The maximum atomic E-state index is 12.1. The third-order valence-electron chi connectivity index (χ3n) is 2.35. The van der Waals surface area contributed by atoms with Crippen LogP contribution in [0.25, 0.3) is 0 Å². The second kappa shape index (κ2) is 6.78. The zero-order valence-electron chi connectivity index (χ0n) is 10.2. The molecule has 3 N–H and O–H groups in total. The molecule has 0 saturated carbocycles. The molecule has 0 bridgehead atoms. The molecule has 1 aromatic carbocycles. The van der Waals surface area contributed by atoms with Crippen LogP contribution in [0.2, 0.25) is 9.36 Å². The number of nitrogens with one attached hydrogen (secondary N) is 1. The van der Waals surface area contributed by atoms with Crippen molar-refractivity contribution in [3.8, 4) is 11.8 Å². The van der Waals surface area contributed by atoms with Crippen molar-refractivity contribution in [1.82, 2.24) is 0 Å². The quantitative estimate of drug-likeness (QED) is 0.829. The Morgan fingerprint density at radius 1 is 1.30 bits per heavy atom. The van der Waals surface area contributed by atoms with E-state index in [-0.39, 0.29) is 12.5 Å². The van der Waals surface area contributed by atoms with Crippen molar-refractivity contribution in [2.24, 2.45) is 5.73 Å². The lowest BCUT2D eigenvalue weighted by Crippen LogP contribution is -2.11. The van der Waals surface area contributed by atoms with E-state index in [1.54, 1.807) is 30.3 Å². The van der Waals surface area contributed by atoms with Gasteiger partial charge in [0.1, 0.15) is 0 Å². The summed E-state index contributed by atoms with van der Waals surface area (Å²) in [5.74, 6) is 5.39. The van der Waals surface area contributed by atoms with E-state index in [9.17, 15) is 4.79 Å². The number of nitrogens with two attached hydrogens (primary N) is 1. The zero-order valence-corrected chi connectivity index (χ0v) is 12.6. The summed E-state index contributed by atoms with van der Waals surface area (Å²) in [6, 6.07) is 8.43. The average Bonchev–Trinajstić information content (AvgIpc) is 2.85. The molecular formula is C14H10Cl2N2OS. The van der Waals surface area contributed by atoms with Gasteiger partial charge in [-0.3, -0.25) is 4.79 Å². The minimum absolute atomic E-state index is 0.247. The van der Waals surface area contributed by atoms with Crippen LogP contribution in [-0.2, 0) is 0 Å². The summed E-state index contributed by atoms with van der Waals surface area (Å²) in [6.45, 7) is 0.247. The van der Waals surface area contributed by atoms with Crippen LogP contribution in [0.1, 0.15) is 15.2 Å². The molecule has 2 rings (SSSR count). The van der Waals surface area contributed by atoms with Gasteiger partial charge in [-0.2, -0.15) is 0 Å². The number of halogens is 2. The van der Waals surface area contributed by atoms with Gasteiger partial charge in [-0.05, 0) is 30.3 Å². The van der Waals surface area contributed by atoms with Crippen LogP contribution < -0.4 is 11.1 Å². The van der Waals surface area contributed by atoms with Crippen LogP contribution in [0.15, 0.2) is 30.3 Å². The van der Waals surface area contributed by atoms with Crippen molar-refractivity contribution >= 4 is 46.1 Å². The summed E-state index contributed by atoms with van der Waals surface area (Å²) in [6.07, 6.45) is 0. The van der Waals surface area contributed by atoms with E-state index in [1.807, 2.05) is 0 Å². The van der Waals surface area contributed by atoms with Crippen molar-refractivity contribution < 1.29 is 4.79 Å². The van der Waals surface area contributed by atoms with Crippen molar-refractivity contribution in [3.05, 3.63) is 50.1 Å². The molecule has 0 spiro atoms. The smallest absolute Gasteiger partial charge is 0.265 e. The molecule has 0 atom stereocenters. The number of hydrogen-bond donors (Lipinski definition) is 2. The Labute approximate surface area is 130 Å². The Bertz CT molecular complexity index is 701. The van der Waals surface area contributed by atoms with Gasteiger partial charge in [0, 0.05) is 10.6 Å². The van der Waals surface area contributed by atoms with Gasteiger partial charge in [-0.25, -0.2) is 0 Å². The molecular weight excluding hydrogens is 315 g/mol. The molecule has 1 aromatic heterocycles. The number of amides is 1. The molecule has 1 amide bonds. The lowest BCUT2D eigenvalue weighted by atomic mass is 10.1. The molecule has 0 aliphatic carbocycles. The lowest BCUT2D eigenvalue weighted by Gasteiger charge is -2.07. The van der Waals surface area contributed by atoms with Gasteiger partial charge in [0.25, 0.3) is 5.91 Å². The van der Waals surface area contributed by atoms with Crippen LogP contribution >= 0.6 is 34.5 Å². The monoisotopic (exact) mass is 324 g/mol. The maximum absolute atomic E-state index is 12.1. The van der Waals surface area contributed by atoms with Crippen molar-refractivity contribution in [1.29, 1.82) is 0 Å². The minimum Gasteiger partial charge on any atom is -0.320 e. The van der Waals surface area contributed by atoms with E-state index in [2.05, 4.69) is 17.2 Å². The van der Waals surface area contributed by atoms with E-state index >= 15 is 0 Å². The highest BCUT2D eigenvalue weighted by Gasteiger charge is 2.11. The fraction of sp³-hybridized carbons (Fsp3) is 0.0714. The van der Waals surface area contributed by atoms with E-state index in [0.717, 1.165) is 0 Å². The summed E-state index contributed by atoms with van der Waals surface area (Å²) < 4.78 is 0.560. The first-order chi connectivity index (χ1) is 9.60. The third-order valence-corrected chi connectivity index (χ3v) is 3.82. The molecule has 2 aromatic rings. The summed E-state index contributed by atoms with van der Waals surface area (Å²) in [5.41, 5.74) is 6.56. The Morgan fingerprint density at radius 2 is 2.10 bits per heavy atom. The second-order valence-electron chi connectivity index (χ2n) is 3.75. The number of carbonyl (C=O) groups excluding carboxylic acids is 1. The van der Waals surface area contributed by atoms with Gasteiger partial charge in [-0.15, -0.1) is 11.3 Å². The van der Waals surface area contributed by atoms with Crippen LogP contribution in [0.5, 0.6) is 0 Å². The maximum Gasteiger partial charge on any atom is 0.265 e. The Hall–Kier alpha value is -1.51. The van der Waals surface area contributed by atoms with Gasteiger partial charge in [-0.1, -0.05) is 35.0 Å². The fourth-order valence-electron chi connectivity index (χ4n) is 1.50. The highest BCUT2D eigenvalue weighted by molar-refractivity contribution is 7.18. The highest BCUT2D eigenvalue weighted by atomic mass is 35.5. The van der Waals surface area contributed by atoms with E-state index in [0.29, 0.717) is 25.5 Å². The normalized spacial score (nSPS) is 9.75. The second-order valence-corrected chi connectivity index (χ2v) is 5.91. The van der Waals surface area contributed by atoms with Crippen molar-refractivity contribution in [2.45, 2.75) is 0 Å². The Kier molecular flexibility index (Phi) is 5.05. The predicted molar refractivity (Wildman–Crippen MR) is 84.7 cm³/mol. The first-order valence-electron chi connectivity index (χ1n) is 5.65. The molecule has 6 heteroatoms. The molecule has 1 heterocycles. The predicted octanol–water partition coefficient (Wildman–Crippen LogP) is 3.62. The number of hydrogen-bond acceptors (Lipinski definition) is 3. The third kappa shape index (κ3) is 3.75. The summed E-state index contributed by atoms with van der Waals surface area (Å²) in [4.78, 5) is 12.6. The minimum atomic E-state index is -0.250. The summed E-state index contributed by atoms with van der Waals surface area (Å²) >= 11 is 13.0. The first-order valence-corrected chi connectivity index (χ1v) is 7.22. The van der Waals surface area contributed by atoms with E-state index in [1.165, 1.54) is 11.3 Å². The Morgan fingerprint density at radius 3 is 2.75 bits per heavy atom. The molecule has 0 aliphatic heterocycles. The number of anilines is 1. The molecule has 0 radical (unpaired) electrons. The largest absolute Gasteiger partial charge is 0.320 e. The van der Waals surface area contributed by atoms with Crippen molar-refractivity contribution in [3.63, 3.8) is 0 Å². The molecule has 0 saturated heterocycles. The summed E-state index contributed by atoms with van der Waals surface area (Å²) in [7, 11) is 0. The van der Waals surface area contributed by atoms with Crippen LogP contribution in [0.4, 0.5) is 5.69 Å². The number of rotatable bonds is 2. The average molecular weight is 325 g/mol. The molecule has 0 fully saturated rings. The molecule has 3 nitrogen and oxygen atoms in total. The van der Waals surface area contributed by atoms with Crippen LogP contribution in [0, 0.1) is 11.8 Å². The SMILES string of the molecule is NCC#Cc1ccc(Cl)cc1NC(=O)c1ccc(Cl)s1. The topological polar surface area (TPSA) is 55.1 Å². The van der Waals surface area contributed by atoms with Gasteiger partial charge >= 0.3 is 0 Å². The van der Waals surface area contributed by atoms with Gasteiger partial charge in [0.2, 0.25) is 0 Å². The molecule has 0 aliphatic rings. The molecule has 102 valence electrons. The van der Waals surface area contributed by atoms with Crippen molar-refractivity contribution in [2.75, 3.05) is 11.9 Å².